The highest BCUT2D eigenvalue weighted by Gasteiger charge is 2.41. The van der Waals surface area contributed by atoms with E-state index in [2.05, 4.69) is 63.4 Å². The molecule has 0 atom stereocenters. The minimum absolute atomic E-state index is 0.112. The molecule has 3 aliphatic rings. The van der Waals surface area contributed by atoms with Crippen LogP contribution in [0, 0.1) is 32.1 Å². The summed E-state index contributed by atoms with van der Waals surface area (Å²) in [6, 6.07) is 8.42. The van der Waals surface area contributed by atoms with Gasteiger partial charge in [0.05, 0.1) is 22.5 Å². The molecule has 2 aromatic heterocycles. The third-order valence-electron chi connectivity index (χ3n) is 8.54. The molecule has 5 heterocycles. The molecule has 0 saturated carbocycles. The molecule has 3 aliphatic heterocycles. The van der Waals surface area contributed by atoms with E-state index in [1.165, 1.54) is 5.56 Å². The maximum absolute atomic E-state index is 13.2. The number of piperidine rings is 2. The summed E-state index contributed by atoms with van der Waals surface area (Å²) in [7, 11) is 0. The highest BCUT2D eigenvalue weighted by Crippen LogP contribution is 2.36. The second kappa shape index (κ2) is 8.59. The zero-order chi connectivity index (χ0) is 24.2. The van der Waals surface area contributed by atoms with Crippen molar-refractivity contribution >= 4 is 22.6 Å². The van der Waals surface area contributed by atoms with E-state index >= 15 is 0 Å². The first-order valence-electron chi connectivity index (χ1n) is 13.0. The molecule has 1 spiro atoms. The first kappa shape index (κ1) is 22.5. The standard InChI is InChI=1S/C27H35N7O/c1-18-4-6-22(7-5-18)34-20(3)23-19(2)29-30-25(24(23)31-34)32-12-8-21(9-13-32)26(35)33-14-10-27(11-15-33)16-28-17-27/h4-7,21,28H,8-17H2,1-3H3. The largest absolute Gasteiger partial charge is 0.353 e. The summed E-state index contributed by atoms with van der Waals surface area (Å²) < 4.78 is 2.00. The van der Waals surface area contributed by atoms with Gasteiger partial charge >= 0.3 is 0 Å². The Balaban J connectivity index is 1.19. The van der Waals surface area contributed by atoms with Gasteiger partial charge in [-0.3, -0.25) is 4.79 Å². The molecule has 8 heteroatoms. The summed E-state index contributed by atoms with van der Waals surface area (Å²) in [5.41, 5.74) is 5.61. The number of nitrogens with zero attached hydrogens (tertiary/aromatic N) is 6. The van der Waals surface area contributed by atoms with Crippen LogP contribution in [-0.4, -0.2) is 70.1 Å². The van der Waals surface area contributed by atoms with E-state index in [0.29, 0.717) is 11.3 Å². The van der Waals surface area contributed by atoms with Gasteiger partial charge in [-0.1, -0.05) is 17.7 Å². The van der Waals surface area contributed by atoms with Crippen molar-refractivity contribution < 1.29 is 4.79 Å². The zero-order valence-corrected chi connectivity index (χ0v) is 21.0. The van der Waals surface area contributed by atoms with E-state index < -0.39 is 0 Å². The molecule has 0 unspecified atom stereocenters. The van der Waals surface area contributed by atoms with E-state index in [1.807, 2.05) is 11.6 Å². The summed E-state index contributed by atoms with van der Waals surface area (Å²) in [5, 5.41) is 18.5. The normalized spacial score (nSPS) is 20.4. The number of hydrogen-bond acceptors (Lipinski definition) is 6. The van der Waals surface area contributed by atoms with Crippen LogP contribution in [-0.2, 0) is 4.79 Å². The first-order chi connectivity index (χ1) is 16.9. The van der Waals surface area contributed by atoms with E-state index in [1.54, 1.807) is 0 Å². The van der Waals surface area contributed by atoms with E-state index in [4.69, 9.17) is 5.10 Å². The van der Waals surface area contributed by atoms with Gasteiger partial charge in [-0.05, 0) is 64.0 Å². The number of aryl methyl sites for hydroxylation is 3. The summed E-state index contributed by atoms with van der Waals surface area (Å²) in [4.78, 5) is 17.6. The Hall–Kier alpha value is -3.00. The maximum atomic E-state index is 13.2. The quantitative estimate of drug-likeness (QED) is 0.630. The number of carbonyl (C=O) groups is 1. The van der Waals surface area contributed by atoms with Gasteiger partial charge in [-0.2, -0.15) is 10.2 Å². The summed E-state index contributed by atoms with van der Waals surface area (Å²) in [5.74, 6) is 1.30. The van der Waals surface area contributed by atoms with Gasteiger partial charge in [0.1, 0.15) is 5.52 Å². The van der Waals surface area contributed by atoms with Gasteiger partial charge in [0.15, 0.2) is 5.82 Å². The van der Waals surface area contributed by atoms with Crippen LogP contribution in [0.3, 0.4) is 0 Å². The Morgan fingerprint density at radius 1 is 0.971 bits per heavy atom. The molecular formula is C27H35N7O. The molecular weight excluding hydrogens is 438 g/mol. The van der Waals surface area contributed by atoms with E-state index in [0.717, 1.165) is 98.7 Å². The van der Waals surface area contributed by atoms with Gasteiger partial charge < -0.3 is 15.1 Å². The number of hydrogen-bond donors (Lipinski definition) is 1. The maximum Gasteiger partial charge on any atom is 0.225 e. The number of fused-ring (bicyclic) bond motifs is 1. The Morgan fingerprint density at radius 3 is 2.29 bits per heavy atom. The smallest absolute Gasteiger partial charge is 0.225 e. The lowest BCUT2D eigenvalue weighted by Crippen LogP contribution is -2.59. The minimum atomic E-state index is 0.112. The summed E-state index contributed by atoms with van der Waals surface area (Å²) in [6.45, 7) is 11.9. The molecule has 1 aromatic carbocycles. The van der Waals surface area contributed by atoms with Crippen LogP contribution in [0.15, 0.2) is 24.3 Å². The molecule has 0 radical (unpaired) electrons. The second-order valence-corrected chi connectivity index (χ2v) is 10.9. The molecule has 35 heavy (non-hydrogen) atoms. The van der Waals surface area contributed by atoms with Gasteiger partial charge in [0, 0.05) is 45.2 Å². The number of amides is 1. The lowest BCUT2D eigenvalue weighted by molar-refractivity contribution is -0.139. The highest BCUT2D eigenvalue weighted by atomic mass is 16.2. The number of likely N-dealkylation sites (tertiary alicyclic amines) is 1. The Labute approximate surface area is 206 Å². The van der Waals surface area contributed by atoms with Crippen molar-refractivity contribution in [3.63, 3.8) is 0 Å². The number of anilines is 1. The molecule has 3 aromatic rings. The monoisotopic (exact) mass is 473 g/mol. The lowest BCUT2D eigenvalue weighted by Gasteiger charge is -2.49. The fourth-order valence-corrected chi connectivity index (χ4v) is 6.09. The van der Waals surface area contributed by atoms with Gasteiger partial charge in [0.2, 0.25) is 5.91 Å². The SMILES string of the molecule is Cc1ccc(-n2nc3c(N4CCC(C(=O)N5CCC6(CC5)CNC6)CC4)nnc(C)c3c2C)cc1. The molecule has 0 aliphatic carbocycles. The van der Waals surface area contributed by atoms with Crippen LogP contribution < -0.4 is 10.2 Å². The van der Waals surface area contributed by atoms with E-state index in [-0.39, 0.29) is 5.92 Å². The van der Waals surface area contributed by atoms with Crippen LogP contribution >= 0.6 is 0 Å². The number of nitrogens with one attached hydrogen (secondary N) is 1. The molecule has 6 rings (SSSR count). The third-order valence-corrected chi connectivity index (χ3v) is 8.54. The zero-order valence-electron chi connectivity index (χ0n) is 21.0. The van der Waals surface area contributed by atoms with Gasteiger partial charge in [-0.15, -0.1) is 5.10 Å². The minimum Gasteiger partial charge on any atom is -0.353 e. The number of benzene rings is 1. The molecule has 1 N–H and O–H groups in total. The average Bonchev–Trinajstić information content (AvgIpc) is 3.21. The molecule has 0 bridgehead atoms. The lowest BCUT2D eigenvalue weighted by atomic mass is 9.73. The fourth-order valence-electron chi connectivity index (χ4n) is 6.09. The molecule has 1 amide bonds. The van der Waals surface area contributed by atoms with Crippen molar-refractivity contribution in [3.05, 3.63) is 41.2 Å². The van der Waals surface area contributed by atoms with Crippen molar-refractivity contribution in [3.8, 4) is 5.69 Å². The van der Waals surface area contributed by atoms with Crippen LogP contribution in [0.2, 0.25) is 0 Å². The van der Waals surface area contributed by atoms with Crippen molar-refractivity contribution in [1.29, 1.82) is 0 Å². The van der Waals surface area contributed by atoms with Crippen molar-refractivity contribution in [2.45, 2.75) is 46.5 Å². The van der Waals surface area contributed by atoms with Crippen molar-refractivity contribution in [2.75, 3.05) is 44.2 Å². The molecule has 8 nitrogen and oxygen atoms in total. The summed E-state index contributed by atoms with van der Waals surface area (Å²) >= 11 is 0. The van der Waals surface area contributed by atoms with Crippen LogP contribution in [0.4, 0.5) is 5.82 Å². The molecule has 3 saturated heterocycles. The highest BCUT2D eigenvalue weighted by molar-refractivity contribution is 5.92. The Morgan fingerprint density at radius 2 is 1.66 bits per heavy atom. The molecule has 184 valence electrons. The summed E-state index contributed by atoms with van der Waals surface area (Å²) in [6.07, 6.45) is 4.00. The van der Waals surface area contributed by atoms with Crippen LogP contribution in [0.1, 0.15) is 42.6 Å². The van der Waals surface area contributed by atoms with E-state index in [9.17, 15) is 4.79 Å². The molecule has 3 fully saturated rings. The predicted octanol–water partition coefficient (Wildman–Crippen LogP) is 3.17. The fraction of sp³-hybridized carbons (Fsp3) is 0.556. The third kappa shape index (κ3) is 3.88. The number of carbonyl (C=O) groups excluding carboxylic acids is 1. The number of rotatable bonds is 3. The Bertz CT molecular complexity index is 1240. The van der Waals surface area contributed by atoms with Crippen LogP contribution in [0.25, 0.3) is 16.6 Å². The predicted molar refractivity (Wildman–Crippen MR) is 137 cm³/mol. The number of aromatic nitrogens is 4. The van der Waals surface area contributed by atoms with Gasteiger partial charge in [-0.25, -0.2) is 4.68 Å². The van der Waals surface area contributed by atoms with Gasteiger partial charge in [0.25, 0.3) is 0 Å². The van der Waals surface area contributed by atoms with Crippen LogP contribution in [0.5, 0.6) is 0 Å². The first-order valence-corrected chi connectivity index (χ1v) is 13.0. The Kier molecular flexibility index (Phi) is 5.51. The second-order valence-electron chi connectivity index (χ2n) is 10.9. The van der Waals surface area contributed by atoms with Crippen molar-refractivity contribution in [1.82, 2.24) is 30.2 Å². The van der Waals surface area contributed by atoms with Crippen molar-refractivity contribution in [2.24, 2.45) is 11.3 Å². The topological polar surface area (TPSA) is 79.2 Å². The average molecular weight is 474 g/mol.